The monoisotopic (exact) mass is 790 g/mol. The minimum Gasteiger partial charge on any atom is -0.304 e. The van der Waals surface area contributed by atoms with E-state index in [1.807, 2.05) is 0 Å². The number of aromatic nitrogens is 2. The summed E-state index contributed by atoms with van der Waals surface area (Å²) in [5.74, 6) is -0.478. The van der Waals surface area contributed by atoms with Crippen molar-refractivity contribution in [3.63, 3.8) is 0 Å². The van der Waals surface area contributed by atoms with Crippen LogP contribution in [-0.2, 0) is 20.1 Å². The van der Waals surface area contributed by atoms with Gasteiger partial charge in [0.2, 0.25) is 0 Å². The zero-order chi connectivity index (χ0) is 48.9. The summed E-state index contributed by atoms with van der Waals surface area (Å²) in [5, 5.41) is 0. The average molecular weight is 790 g/mol. The van der Waals surface area contributed by atoms with Gasteiger partial charge in [-0.05, 0) is 109 Å². The van der Waals surface area contributed by atoms with Crippen molar-refractivity contribution in [2.24, 2.45) is 0 Å². The molecule has 0 fully saturated rings. The van der Waals surface area contributed by atoms with Crippen LogP contribution in [0.5, 0.6) is 0 Å². The van der Waals surface area contributed by atoms with Crippen LogP contribution in [0.1, 0.15) is 67.7 Å². The molecule has 2 heterocycles. The van der Waals surface area contributed by atoms with Crippen LogP contribution in [0.15, 0.2) is 97.3 Å². The average Bonchev–Trinajstić information content (AvgIpc) is 3.18. The van der Waals surface area contributed by atoms with E-state index in [2.05, 4.69) is 22.1 Å². The zero-order valence-corrected chi connectivity index (χ0v) is 25.7. The van der Waals surface area contributed by atoms with E-state index in [9.17, 15) is 4.39 Å². The smallest absolute Gasteiger partial charge is 0.0379 e. The van der Waals surface area contributed by atoms with Crippen LogP contribution in [0, 0.1) is 65.9 Å². The molecular weight excluding hydrogens is 732 g/mol. The first-order chi connectivity index (χ1) is 29.6. The van der Waals surface area contributed by atoms with Crippen molar-refractivity contribution in [2.45, 2.75) is 48.0 Å². The zero-order valence-electron chi connectivity index (χ0n) is 44.3. The third-order valence-corrected chi connectivity index (χ3v) is 6.60. The molecule has 0 saturated heterocycles. The normalized spacial score (nSPS) is 19.4. The van der Waals surface area contributed by atoms with E-state index < -0.39 is 70.5 Å². The van der Waals surface area contributed by atoms with Crippen molar-refractivity contribution in [3.8, 4) is 44.8 Å². The topological polar surface area (TPSA) is 25.8 Å². The number of aryl methyl sites for hydroxylation is 7. The molecule has 0 bridgehead atoms. The van der Waals surface area contributed by atoms with Crippen LogP contribution in [0.25, 0.3) is 44.8 Å². The number of benzene rings is 4. The van der Waals surface area contributed by atoms with Crippen molar-refractivity contribution >= 4 is 0 Å². The fraction of sp³-hybridized carbons (Fsp3) is 0.171. The first-order valence-electron chi connectivity index (χ1n) is 23.6. The van der Waals surface area contributed by atoms with Gasteiger partial charge in [0.25, 0.3) is 0 Å². The maximum Gasteiger partial charge on any atom is 0.0379 e. The number of hydrogen-bond donors (Lipinski definition) is 0. The number of nitrogens with zero attached hydrogens (tertiary/aromatic N) is 2. The van der Waals surface area contributed by atoms with Gasteiger partial charge in [0.15, 0.2) is 0 Å². The molecule has 0 amide bonds. The van der Waals surface area contributed by atoms with Gasteiger partial charge in [-0.25, -0.2) is 0 Å². The molecule has 6 aromatic rings. The molecule has 0 unspecified atom stereocenters. The van der Waals surface area contributed by atoms with E-state index >= 15 is 0 Å². The van der Waals surface area contributed by atoms with Gasteiger partial charge in [-0.3, -0.25) is 4.39 Å². The molecule has 0 aliphatic carbocycles. The largest absolute Gasteiger partial charge is 0.304 e. The third-order valence-electron chi connectivity index (χ3n) is 6.60. The molecule has 229 valence electrons. The summed E-state index contributed by atoms with van der Waals surface area (Å²) in [7, 11) is 0. The Morgan fingerprint density at radius 2 is 1.20 bits per heavy atom. The van der Waals surface area contributed by atoms with E-state index in [0.29, 0.717) is 11.1 Å². The first-order valence-corrected chi connectivity index (χ1v) is 13.1. The van der Waals surface area contributed by atoms with Gasteiger partial charge in [-0.1, -0.05) is 53.6 Å². The molecule has 1 radical (unpaired) electrons. The molecule has 2 nitrogen and oxygen atoms in total. The van der Waals surface area contributed by atoms with E-state index in [0.717, 1.165) is 48.8 Å². The molecular formula is C41H37FIrN2-2. The van der Waals surface area contributed by atoms with Crippen LogP contribution in [0.3, 0.4) is 0 Å². The molecule has 45 heavy (non-hydrogen) atoms. The Kier molecular flexibility index (Phi) is 5.02. The van der Waals surface area contributed by atoms with Crippen LogP contribution >= 0.6 is 0 Å². The maximum absolute atomic E-state index is 12.9. The summed E-state index contributed by atoms with van der Waals surface area (Å²) in [6, 6.07) is 23.9. The second kappa shape index (κ2) is 14.7. The summed E-state index contributed by atoms with van der Waals surface area (Å²) in [6.45, 7) is -19.4. The van der Waals surface area contributed by atoms with Gasteiger partial charge in [-0.2, -0.15) is 0 Å². The molecule has 2 aromatic heterocycles. The fourth-order valence-electron chi connectivity index (χ4n) is 4.37. The minimum atomic E-state index is -2.94. The predicted octanol–water partition coefficient (Wildman–Crippen LogP) is 10.7. The Morgan fingerprint density at radius 1 is 0.556 bits per heavy atom. The van der Waals surface area contributed by atoms with Crippen LogP contribution < -0.4 is 0 Å². The van der Waals surface area contributed by atoms with Crippen molar-refractivity contribution in [3.05, 3.63) is 154 Å². The molecule has 4 aromatic carbocycles. The molecule has 4 heteroatoms. The second-order valence-corrected chi connectivity index (χ2v) is 9.63. The maximum atomic E-state index is 12.9. The number of rotatable bonds is 4. The van der Waals surface area contributed by atoms with Gasteiger partial charge in [-0.15, -0.1) is 65.7 Å². The molecule has 0 saturated carbocycles. The molecule has 6 rings (SSSR count). The Hall–Kier alpha value is -4.24. The number of pyridine rings is 2. The second-order valence-electron chi connectivity index (χ2n) is 9.63. The van der Waals surface area contributed by atoms with Crippen molar-refractivity contribution in [1.29, 1.82) is 0 Å². The number of halogens is 1. The SMILES string of the molecule is [2H]C([2H])([2H])c1ccc(-c2cc(C([2H])([2H])[2H])c(-c3cc(-c4[c-]cccc4)ncc3C([2H])([2H])[2H])cc2C([2H])([2H])[2H])c(C([2H])([2H])[2H])c1.[2H]C([2H])([2H])c1cnc(-c2[c-]cc(F)cc2)cc1C([2H])([2H])[2H].[Ir]. The van der Waals surface area contributed by atoms with Crippen molar-refractivity contribution in [1.82, 2.24) is 9.97 Å². The quantitative estimate of drug-likeness (QED) is 0.166. The molecule has 0 aliphatic heterocycles. The van der Waals surface area contributed by atoms with Gasteiger partial charge in [0.1, 0.15) is 0 Å². The fourth-order valence-corrected chi connectivity index (χ4v) is 4.37. The molecule has 0 N–H and O–H groups in total. The van der Waals surface area contributed by atoms with Crippen LogP contribution in [0.2, 0.25) is 0 Å². The summed E-state index contributed by atoms with van der Waals surface area (Å²) >= 11 is 0. The van der Waals surface area contributed by atoms with Gasteiger partial charge in [0, 0.05) is 67.1 Å². The molecule has 0 spiro atoms. The third kappa shape index (κ3) is 7.89. The van der Waals surface area contributed by atoms with E-state index in [4.69, 9.17) is 28.8 Å². The van der Waals surface area contributed by atoms with E-state index in [1.54, 1.807) is 24.3 Å². The van der Waals surface area contributed by atoms with Gasteiger partial charge < -0.3 is 9.97 Å². The summed E-state index contributed by atoms with van der Waals surface area (Å²) in [4.78, 5) is 8.20. The van der Waals surface area contributed by atoms with Gasteiger partial charge >= 0.3 is 0 Å². The Bertz CT molecular complexity index is 2660. The summed E-state index contributed by atoms with van der Waals surface area (Å²) in [6.07, 6.45) is 2.12. The van der Waals surface area contributed by atoms with E-state index in [1.165, 1.54) is 24.3 Å². The molecule has 0 aliphatic rings. The van der Waals surface area contributed by atoms with Gasteiger partial charge in [0.05, 0.1) is 0 Å². The summed E-state index contributed by atoms with van der Waals surface area (Å²) in [5.41, 5.74) is -1.97. The van der Waals surface area contributed by atoms with Crippen molar-refractivity contribution in [2.75, 3.05) is 0 Å². The Labute approximate surface area is 310 Å². The molecule has 0 atom stereocenters. The Morgan fingerprint density at radius 3 is 1.84 bits per heavy atom. The van der Waals surface area contributed by atoms with Crippen molar-refractivity contribution < 1.29 is 53.3 Å². The first kappa shape index (κ1) is 15.4. The standard InChI is InChI=1S/C28H26N.C13H11FN.Ir/c1-18-11-12-24(19(2)13-18)25-14-21(4)26(15-20(25)3)27-16-28(29-17-22(27)5)23-9-7-6-8-10-23;1-9-7-13(15-8-10(9)2)11-3-5-12(14)6-4-11;/h6-9,11-17H,1-5H3;3,5-8H,1-2H3;/q2*-1;/i1D3,2D3,3D3,4D3,5D3;1D3,2D3;. The van der Waals surface area contributed by atoms with Crippen LogP contribution in [-0.4, -0.2) is 9.97 Å². The number of hydrogen-bond acceptors (Lipinski definition) is 2. The minimum absolute atomic E-state index is 0. The summed E-state index contributed by atoms with van der Waals surface area (Å²) < 4.78 is 179. The Balaban J connectivity index is 0.000000362. The van der Waals surface area contributed by atoms with Crippen LogP contribution in [0.4, 0.5) is 4.39 Å². The van der Waals surface area contributed by atoms with E-state index in [-0.39, 0.29) is 76.0 Å². The predicted molar refractivity (Wildman–Crippen MR) is 181 cm³/mol.